The van der Waals surface area contributed by atoms with Crippen LogP contribution in [0.5, 0.6) is 0 Å². The lowest BCUT2D eigenvalue weighted by Gasteiger charge is -2.04. The summed E-state index contributed by atoms with van der Waals surface area (Å²) in [5, 5.41) is 1.08. The summed E-state index contributed by atoms with van der Waals surface area (Å²) in [5.41, 5.74) is 0.730. The first-order chi connectivity index (χ1) is 6.11. The second kappa shape index (κ2) is 4.96. The molecule has 0 amide bonds. The quantitative estimate of drug-likeness (QED) is 0.823. The highest BCUT2D eigenvalue weighted by Gasteiger charge is 2.06. The fourth-order valence-electron chi connectivity index (χ4n) is 0.961. The van der Waals surface area contributed by atoms with E-state index in [1.165, 1.54) is 0 Å². The Balaban J connectivity index is 2.81. The molecule has 1 N–H and O–H groups in total. The third kappa shape index (κ3) is 3.27. The van der Waals surface area contributed by atoms with Gasteiger partial charge in [0.2, 0.25) is 0 Å². The Morgan fingerprint density at radius 3 is 2.31 bits per heavy atom. The van der Waals surface area contributed by atoms with E-state index in [-0.39, 0.29) is 5.75 Å². The van der Waals surface area contributed by atoms with Gasteiger partial charge < -0.3 is 4.55 Å². The van der Waals surface area contributed by atoms with E-state index in [1.807, 2.05) is 0 Å². The van der Waals surface area contributed by atoms with Crippen LogP contribution in [0.2, 0.25) is 10.0 Å². The molecule has 0 saturated carbocycles. The normalized spacial score (nSPS) is 12.8. The first-order valence-electron chi connectivity index (χ1n) is 3.61. The highest BCUT2D eigenvalue weighted by atomic mass is 35.5. The molecule has 1 unspecified atom stereocenters. The molecule has 72 valence electrons. The lowest BCUT2D eigenvalue weighted by molar-refractivity contribution is 0.563. The summed E-state index contributed by atoms with van der Waals surface area (Å²) < 4.78 is 19.0. The van der Waals surface area contributed by atoms with Gasteiger partial charge >= 0.3 is 0 Å². The molecule has 5 heteroatoms. The van der Waals surface area contributed by atoms with Crippen molar-refractivity contribution in [1.29, 1.82) is 0 Å². The van der Waals surface area contributed by atoms with Crippen molar-refractivity contribution in [3.05, 3.63) is 33.8 Å². The average Bonchev–Trinajstić information content (AvgIpc) is 2.03. The van der Waals surface area contributed by atoms with Gasteiger partial charge in [-0.15, -0.1) is 0 Å². The largest absolute Gasteiger partial charge is 0.306 e. The van der Waals surface area contributed by atoms with E-state index in [1.54, 1.807) is 18.2 Å². The van der Waals surface area contributed by atoms with Gasteiger partial charge in [-0.1, -0.05) is 29.3 Å². The number of hydrogen-bond donors (Lipinski definition) is 1. The van der Waals surface area contributed by atoms with Gasteiger partial charge in [0.25, 0.3) is 0 Å². The van der Waals surface area contributed by atoms with Crippen LogP contribution >= 0.6 is 23.2 Å². The van der Waals surface area contributed by atoms with Crippen molar-refractivity contribution < 1.29 is 8.76 Å². The minimum atomic E-state index is -1.80. The maximum absolute atomic E-state index is 10.4. The summed E-state index contributed by atoms with van der Waals surface area (Å²) in [6.45, 7) is 0. The highest BCUT2D eigenvalue weighted by Crippen LogP contribution is 2.24. The third-order valence-electron chi connectivity index (χ3n) is 1.59. The highest BCUT2D eigenvalue weighted by molar-refractivity contribution is 7.79. The lowest BCUT2D eigenvalue weighted by atomic mass is 10.2. The van der Waals surface area contributed by atoms with E-state index < -0.39 is 11.1 Å². The summed E-state index contributed by atoms with van der Waals surface area (Å²) in [6, 6.07) is 5.16. The van der Waals surface area contributed by atoms with E-state index in [9.17, 15) is 4.21 Å². The van der Waals surface area contributed by atoms with Crippen LogP contribution in [0.3, 0.4) is 0 Å². The zero-order valence-electron chi connectivity index (χ0n) is 6.67. The van der Waals surface area contributed by atoms with Gasteiger partial charge in [0.1, 0.15) is 0 Å². The van der Waals surface area contributed by atoms with Gasteiger partial charge in [-0.3, -0.25) is 0 Å². The van der Waals surface area contributed by atoms with Crippen molar-refractivity contribution in [3.8, 4) is 0 Å². The van der Waals surface area contributed by atoms with Crippen molar-refractivity contribution >= 4 is 34.3 Å². The van der Waals surface area contributed by atoms with Gasteiger partial charge in [0.05, 0.1) is 5.75 Å². The van der Waals surface area contributed by atoms with Crippen LogP contribution in [0.15, 0.2) is 18.2 Å². The van der Waals surface area contributed by atoms with Gasteiger partial charge in [0, 0.05) is 10.0 Å². The summed E-state index contributed by atoms with van der Waals surface area (Å²) in [6.07, 6.45) is 0.418. The SMILES string of the molecule is O=S(O)CCc1c(Cl)cccc1Cl. The van der Waals surface area contributed by atoms with Gasteiger partial charge in [-0.2, -0.15) is 0 Å². The molecule has 0 saturated heterocycles. The van der Waals surface area contributed by atoms with Crippen LogP contribution in [-0.4, -0.2) is 14.5 Å². The minimum Gasteiger partial charge on any atom is -0.306 e. The van der Waals surface area contributed by atoms with Gasteiger partial charge in [-0.25, -0.2) is 4.21 Å². The zero-order valence-corrected chi connectivity index (χ0v) is 8.99. The first kappa shape index (κ1) is 11.0. The summed E-state index contributed by atoms with van der Waals surface area (Å²) in [7, 11) is 0. The summed E-state index contributed by atoms with van der Waals surface area (Å²) >= 11 is 9.90. The number of hydrogen-bond acceptors (Lipinski definition) is 1. The van der Waals surface area contributed by atoms with Gasteiger partial charge in [-0.05, 0) is 24.1 Å². The Morgan fingerprint density at radius 1 is 1.31 bits per heavy atom. The smallest absolute Gasteiger partial charge is 0.153 e. The number of halogens is 2. The average molecular weight is 239 g/mol. The van der Waals surface area contributed by atoms with Crippen LogP contribution in [0.4, 0.5) is 0 Å². The molecule has 0 aliphatic heterocycles. The summed E-state index contributed by atoms with van der Waals surface area (Å²) in [5.74, 6) is 0.156. The van der Waals surface area contributed by atoms with E-state index in [4.69, 9.17) is 27.8 Å². The Hall–Kier alpha value is -0.0900. The predicted octanol–water partition coefficient (Wildman–Crippen LogP) is 2.76. The van der Waals surface area contributed by atoms with Gasteiger partial charge in [0.15, 0.2) is 11.1 Å². The van der Waals surface area contributed by atoms with Crippen molar-refractivity contribution in [3.63, 3.8) is 0 Å². The van der Waals surface area contributed by atoms with Crippen LogP contribution in [0, 0.1) is 0 Å². The maximum atomic E-state index is 10.4. The second-order valence-electron chi connectivity index (χ2n) is 2.48. The van der Waals surface area contributed by atoms with Crippen LogP contribution in [0.1, 0.15) is 5.56 Å². The molecule has 2 nitrogen and oxygen atoms in total. The Morgan fingerprint density at radius 2 is 1.85 bits per heavy atom. The van der Waals surface area contributed by atoms with Crippen molar-refractivity contribution in [2.24, 2.45) is 0 Å². The zero-order chi connectivity index (χ0) is 9.84. The number of rotatable bonds is 3. The topological polar surface area (TPSA) is 37.3 Å². The molecule has 0 aliphatic rings. The standard InChI is InChI=1S/C8H8Cl2O2S/c9-7-2-1-3-8(10)6(7)4-5-13(11)12/h1-3H,4-5H2,(H,11,12). The molecular formula is C8H8Cl2O2S. The molecular weight excluding hydrogens is 231 g/mol. The third-order valence-corrected chi connectivity index (χ3v) is 2.85. The first-order valence-corrected chi connectivity index (χ1v) is 5.65. The van der Waals surface area contributed by atoms with E-state index in [0.29, 0.717) is 16.5 Å². The molecule has 0 aromatic heterocycles. The summed E-state index contributed by atoms with van der Waals surface area (Å²) in [4.78, 5) is 0. The van der Waals surface area contributed by atoms with Crippen LogP contribution < -0.4 is 0 Å². The molecule has 13 heavy (non-hydrogen) atoms. The molecule has 0 spiro atoms. The fraction of sp³-hybridized carbons (Fsp3) is 0.250. The lowest BCUT2D eigenvalue weighted by Crippen LogP contribution is -2.00. The molecule has 1 aromatic rings. The van der Waals surface area contributed by atoms with E-state index >= 15 is 0 Å². The Kier molecular flexibility index (Phi) is 4.19. The predicted molar refractivity (Wildman–Crippen MR) is 55.8 cm³/mol. The molecule has 0 aliphatic carbocycles. The van der Waals surface area contributed by atoms with Crippen molar-refractivity contribution in [2.45, 2.75) is 6.42 Å². The number of benzene rings is 1. The fourth-order valence-corrected chi connectivity index (χ4v) is 1.93. The van der Waals surface area contributed by atoms with Crippen molar-refractivity contribution in [2.75, 3.05) is 5.75 Å². The Bertz CT molecular complexity index is 308. The maximum Gasteiger partial charge on any atom is 0.153 e. The van der Waals surface area contributed by atoms with Crippen LogP contribution in [-0.2, 0) is 17.5 Å². The molecule has 1 aromatic carbocycles. The van der Waals surface area contributed by atoms with E-state index in [0.717, 1.165) is 5.56 Å². The molecule has 0 bridgehead atoms. The monoisotopic (exact) mass is 238 g/mol. The molecule has 0 fully saturated rings. The van der Waals surface area contributed by atoms with Crippen molar-refractivity contribution in [1.82, 2.24) is 0 Å². The molecule has 1 atom stereocenters. The molecule has 0 heterocycles. The molecule has 1 rings (SSSR count). The Labute approximate surface area is 89.1 Å². The molecule has 0 radical (unpaired) electrons. The second-order valence-corrected chi connectivity index (χ2v) is 4.34. The minimum absolute atomic E-state index is 0.156. The van der Waals surface area contributed by atoms with Crippen LogP contribution in [0.25, 0.3) is 0 Å². The van der Waals surface area contributed by atoms with E-state index in [2.05, 4.69) is 0 Å².